The van der Waals surface area contributed by atoms with Crippen LogP contribution in [0.5, 0.6) is 5.75 Å². The van der Waals surface area contributed by atoms with Crippen LogP contribution in [0.4, 0.5) is 5.69 Å². The number of carbonyl (C=O) groups is 1. The summed E-state index contributed by atoms with van der Waals surface area (Å²) in [5.74, 6) is 0.775. The van der Waals surface area contributed by atoms with Crippen molar-refractivity contribution >= 4 is 34.6 Å². The molecule has 1 amide bonds. The van der Waals surface area contributed by atoms with Gasteiger partial charge in [0.1, 0.15) is 5.75 Å². The number of rotatable bonds is 3. The van der Waals surface area contributed by atoms with E-state index in [2.05, 4.69) is 18.8 Å². The third-order valence-electron chi connectivity index (χ3n) is 4.48. The largest absolute Gasteiger partial charge is 0.497 e. The van der Waals surface area contributed by atoms with Crippen LogP contribution in [-0.4, -0.2) is 30.1 Å². The Hall–Kier alpha value is -2.53. The van der Waals surface area contributed by atoms with E-state index in [0.717, 1.165) is 22.6 Å². The molecule has 0 atom stereocenters. The fourth-order valence-electron chi connectivity index (χ4n) is 2.64. The van der Waals surface area contributed by atoms with Crippen molar-refractivity contribution in [3.63, 3.8) is 0 Å². The Balaban J connectivity index is 1.91. The minimum absolute atomic E-state index is 0.0344. The lowest BCUT2D eigenvalue weighted by Crippen LogP contribution is -2.23. The van der Waals surface area contributed by atoms with Crippen molar-refractivity contribution in [2.75, 3.05) is 14.2 Å². The first-order chi connectivity index (χ1) is 12.4. The predicted molar refractivity (Wildman–Crippen MR) is 109 cm³/mol. The predicted octanol–water partition coefficient (Wildman–Crippen LogP) is 4.85. The first kappa shape index (κ1) is 18.3. The van der Waals surface area contributed by atoms with E-state index in [0.29, 0.717) is 10.1 Å². The third kappa shape index (κ3) is 3.68. The molecule has 3 rings (SSSR count). The highest BCUT2D eigenvalue weighted by Crippen LogP contribution is 2.34. The van der Waals surface area contributed by atoms with Crippen LogP contribution in [0.3, 0.4) is 0 Å². The molecule has 1 saturated heterocycles. The zero-order chi connectivity index (χ0) is 18.8. The van der Waals surface area contributed by atoms with Gasteiger partial charge in [0.15, 0.2) is 5.17 Å². The molecule has 1 aliphatic heterocycles. The maximum atomic E-state index is 12.6. The summed E-state index contributed by atoms with van der Waals surface area (Å²) in [4.78, 5) is 19.5. The number of aryl methyl sites for hydroxylation is 3. The van der Waals surface area contributed by atoms with Gasteiger partial charge in [-0.15, -0.1) is 0 Å². The molecule has 1 aliphatic rings. The van der Waals surface area contributed by atoms with Crippen molar-refractivity contribution in [2.45, 2.75) is 20.8 Å². The first-order valence-corrected chi connectivity index (χ1v) is 9.19. The number of likely N-dealkylation sites (N-methyl/N-ethyl adjacent to an activating group) is 1. The lowest BCUT2D eigenvalue weighted by atomic mass is 10.1. The second-order valence-electron chi connectivity index (χ2n) is 6.36. The molecular weight excluding hydrogens is 344 g/mol. The number of nitrogens with zero attached hydrogens (tertiary/aromatic N) is 2. The number of aliphatic imine (C=N–C) groups is 1. The average Bonchev–Trinajstić information content (AvgIpc) is 2.88. The number of benzene rings is 2. The van der Waals surface area contributed by atoms with Crippen LogP contribution in [0.25, 0.3) is 6.08 Å². The van der Waals surface area contributed by atoms with Gasteiger partial charge in [-0.2, -0.15) is 0 Å². The van der Waals surface area contributed by atoms with Gasteiger partial charge in [-0.25, -0.2) is 4.99 Å². The molecule has 0 unspecified atom stereocenters. The Morgan fingerprint density at radius 3 is 2.46 bits per heavy atom. The van der Waals surface area contributed by atoms with E-state index in [4.69, 9.17) is 4.74 Å². The maximum Gasteiger partial charge on any atom is 0.266 e. The summed E-state index contributed by atoms with van der Waals surface area (Å²) in [5, 5.41) is 0.690. The van der Waals surface area contributed by atoms with Crippen molar-refractivity contribution in [1.82, 2.24) is 4.90 Å². The quantitative estimate of drug-likeness (QED) is 0.729. The summed E-state index contributed by atoms with van der Waals surface area (Å²) in [5.41, 5.74) is 5.34. The molecule has 5 heteroatoms. The Labute approximate surface area is 158 Å². The van der Waals surface area contributed by atoms with Gasteiger partial charge in [-0.3, -0.25) is 9.69 Å². The van der Waals surface area contributed by atoms with E-state index < -0.39 is 0 Å². The molecule has 1 fully saturated rings. The summed E-state index contributed by atoms with van der Waals surface area (Å²) < 4.78 is 5.24. The van der Waals surface area contributed by atoms with E-state index in [1.165, 1.54) is 22.9 Å². The zero-order valence-corrected chi connectivity index (χ0v) is 16.5. The molecular formula is C21H22N2O2S. The molecule has 1 heterocycles. The van der Waals surface area contributed by atoms with Crippen LogP contribution in [0, 0.1) is 20.8 Å². The van der Waals surface area contributed by atoms with E-state index >= 15 is 0 Å². The standard InChI is InChI=1S/C21H22N2O2S/c1-13-6-8-17(10-14(13)2)22-21-23(4)20(24)19(26-21)12-16-7-9-18(25-5)11-15(16)3/h6-12H,1-5H3/b19-12+,22-21?. The van der Waals surface area contributed by atoms with Gasteiger partial charge in [-0.1, -0.05) is 12.1 Å². The number of carbonyl (C=O) groups excluding carboxylic acids is 1. The van der Waals surface area contributed by atoms with E-state index in [1.54, 1.807) is 19.1 Å². The van der Waals surface area contributed by atoms with Crippen molar-refractivity contribution in [2.24, 2.45) is 4.99 Å². The highest BCUT2D eigenvalue weighted by atomic mass is 32.2. The van der Waals surface area contributed by atoms with Gasteiger partial charge in [0.2, 0.25) is 0 Å². The van der Waals surface area contributed by atoms with E-state index in [1.807, 2.05) is 49.4 Å². The summed E-state index contributed by atoms with van der Waals surface area (Å²) >= 11 is 1.40. The van der Waals surface area contributed by atoms with Crippen LogP contribution >= 0.6 is 11.8 Å². The smallest absolute Gasteiger partial charge is 0.266 e. The summed E-state index contributed by atoms with van der Waals surface area (Å²) in [6.45, 7) is 6.14. The Bertz CT molecular complexity index is 932. The van der Waals surface area contributed by atoms with Gasteiger partial charge in [0.25, 0.3) is 5.91 Å². The molecule has 2 aromatic carbocycles. The Morgan fingerprint density at radius 1 is 1.04 bits per heavy atom. The van der Waals surface area contributed by atoms with Gasteiger partial charge in [0, 0.05) is 7.05 Å². The number of amides is 1. The SMILES string of the molecule is COc1ccc(/C=C2/SC(=Nc3ccc(C)c(C)c3)N(C)C2=O)c(C)c1. The van der Waals surface area contributed by atoms with Crippen LogP contribution in [0.2, 0.25) is 0 Å². The van der Waals surface area contributed by atoms with Gasteiger partial charge >= 0.3 is 0 Å². The number of methoxy groups -OCH3 is 1. The van der Waals surface area contributed by atoms with Gasteiger partial charge < -0.3 is 4.74 Å². The molecule has 4 nitrogen and oxygen atoms in total. The normalized spacial score (nSPS) is 17.4. The molecule has 2 aromatic rings. The van der Waals surface area contributed by atoms with Gasteiger partial charge in [0.05, 0.1) is 17.7 Å². The third-order valence-corrected chi connectivity index (χ3v) is 5.54. The fourth-order valence-corrected chi connectivity index (χ4v) is 3.61. The van der Waals surface area contributed by atoms with Crippen molar-refractivity contribution in [1.29, 1.82) is 0 Å². The van der Waals surface area contributed by atoms with Crippen LogP contribution in [0.1, 0.15) is 22.3 Å². The average molecular weight is 366 g/mol. The summed E-state index contributed by atoms with van der Waals surface area (Å²) in [6.07, 6.45) is 1.92. The molecule has 0 radical (unpaired) electrons. The molecule has 0 aliphatic carbocycles. The minimum Gasteiger partial charge on any atom is -0.497 e. The zero-order valence-electron chi connectivity index (χ0n) is 15.7. The number of thioether (sulfide) groups is 1. The Morgan fingerprint density at radius 2 is 1.81 bits per heavy atom. The van der Waals surface area contributed by atoms with Gasteiger partial charge in [-0.05, 0) is 85.1 Å². The second kappa shape index (κ2) is 7.38. The van der Waals surface area contributed by atoms with Crippen molar-refractivity contribution in [3.8, 4) is 5.75 Å². The first-order valence-electron chi connectivity index (χ1n) is 8.37. The molecule has 0 bridgehead atoms. The number of hydrogen-bond donors (Lipinski definition) is 0. The van der Waals surface area contributed by atoms with Crippen LogP contribution < -0.4 is 4.74 Å². The molecule has 0 aromatic heterocycles. The summed E-state index contributed by atoms with van der Waals surface area (Å²) in [6, 6.07) is 11.9. The van der Waals surface area contributed by atoms with Crippen molar-refractivity contribution < 1.29 is 9.53 Å². The molecule has 26 heavy (non-hydrogen) atoms. The number of amidine groups is 1. The highest BCUT2D eigenvalue weighted by Gasteiger charge is 2.30. The van der Waals surface area contributed by atoms with E-state index in [9.17, 15) is 4.79 Å². The maximum absolute atomic E-state index is 12.6. The monoisotopic (exact) mass is 366 g/mol. The minimum atomic E-state index is -0.0344. The number of ether oxygens (including phenoxy) is 1. The topological polar surface area (TPSA) is 41.9 Å². The molecule has 0 spiro atoms. The lowest BCUT2D eigenvalue weighted by molar-refractivity contribution is -0.121. The molecule has 0 N–H and O–H groups in total. The summed E-state index contributed by atoms with van der Waals surface area (Å²) in [7, 11) is 3.41. The Kier molecular flexibility index (Phi) is 5.18. The lowest BCUT2D eigenvalue weighted by Gasteiger charge is -2.08. The van der Waals surface area contributed by atoms with Crippen molar-refractivity contribution in [3.05, 3.63) is 63.6 Å². The van der Waals surface area contributed by atoms with Crippen LogP contribution in [-0.2, 0) is 4.79 Å². The second-order valence-corrected chi connectivity index (χ2v) is 7.37. The van der Waals surface area contributed by atoms with E-state index in [-0.39, 0.29) is 5.91 Å². The fraction of sp³-hybridized carbons (Fsp3) is 0.238. The number of hydrogen-bond acceptors (Lipinski definition) is 4. The molecule has 0 saturated carbocycles. The highest BCUT2D eigenvalue weighted by molar-refractivity contribution is 8.18. The molecule has 134 valence electrons. The van der Waals surface area contributed by atoms with Crippen LogP contribution in [0.15, 0.2) is 46.3 Å².